The standard InChI is InChI=1S/C14H27OPS/c1-11-3-7-13(8-4-11)16(15,17)14-9-5-12(2)6-10-14/h11-14H,3-10H2,1-2H3,(H,15,17). The molecule has 0 spiro atoms. The highest BCUT2D eigenvalue weighted by molar-refractivity contribution is 8.12. The Morgan fingerprint density at radius 2 is 1.06 bits per heavy atom. The lowest BCUT2D eigenvalue weighted by atomic mass is 9.90. The Morgan fingerprint density at radius 1 is 0.765 bits per heavy atom. The molecule has 0 aromatic heterocycles. The molecule has 0 radical (unpaired) electrons. The van der Waals surface area contributed by atoms with E-state index in [4.69, 9.17) is 11.8 Å². The van der Waals surface area contributed by atoms with E-state index in [-0.39, 0.29) is 0 Å². The van der Waals surface area contributed by atoms with E-state index in [1.165, 1.54) is 51.4 Å². The zero-order chi connectivity index (χ0) is 12.5. The Balaban J connectivity index is 1.95. The van der Waals surface area contributed by atoms with Crippen molar-refractivity contribution in [1.82, 2.24) is 0 Å². The van der Waals surface area contributed by atoms with E-state index in [0.29, 0.717) is 11.3 Å². The van der Waals surface area contributed by atoms with E-state index in [0.717, 1.165) is 11.8 Å². The van der Waals surface area contributed by atoms with Crippen LogP contribution in [0.3, 0.4) is 0 Å². The second-order valence-electron chi connectivity index (χ2n) is 6.50. The maximum Gasteiger partial charge on any atom is 0.0694 e. The van der Waals surface area contributed by atoms with Gasteiger partial charge >= 0.3 is 0 Å². The van der Waals surface area contributed by atoms with Crippen LogP contribution in [0.1, 0.15) is 65.2 Å². The van der Waals surface area contributed by atoms with Gasteiger partial charge in [0, 0.05) is 11.3 Å². The minimum absolute atomic E-state index is 0.493. The van der Waals surface area contributed by atoms with Crippen molar-refractivity contribution in [2.45, 2.75) is 76.5 Å². The zero-order valence-electron chi connectivity index (χ0n) is 11.3. The lowest BCUT2D eigenvalue weighted by Crippen LogP contribution is -2.26. The van der Waals surface area contributed by atoms with Gasteiger partial charge in [-0.15, -0.1) is 0 Å². The van der Waals surface area contributed by atoms with Gasteiger partial charge in [-0.25, -0.2) is 0 Å². The average Bonchev–Trinajstić information content (AvgIpc) is 2.30. The molecule has 17 heavy (non-hydrogen) atoms. The van der Waals surface area contributed by atoms with Gasteiger partial charge in [-0.05, 0) is 37.5 Å². The highest BCUT2D eigenvalue weighted by atomic mass is 32.4. The van der Waals surface area contributed by atoms with Gasteiger partial charge in [-0.3, -0.25) is 0 Å². The Bertz CT molecular complexity index is 263. The van der Waals surface area contributed by atoms with E-state index in [1.807, 2.05) is 0 Å². The van der Waals surface area contributed by atoms with Gasteiger partial charge < -0.3 is 4.89 Å². The molecule has 0 amide bonds. The molecule has 2 saturated carbocycles. The Hall–Kier alpha value is 0.610. The molecular weight excluding hydrogens is 247 g/mol. The molecule has 1 nitrogen and oxygen atoms in total. The summed E-state index contributed by atoms with van der Waals surface area (Å²) in [6.07, 6.45) is 7.86. The molecule has 3 heteroatoms. The van der Waals surface area contributed by atoms with E-state index < -0.39 is 6.26 Å². The van der Waals surface area contributed by atoms with E-state index in [1.54, 1.807) is 0 Å². The van der Waals surface area contributed by atoms with Gasteiger partial charge in [0.2, 0.25) is 0 Å². The fraction of sp³-hybridized carbons (Fsp3) is 1.00. The minimum Gasteiger partial charge on any atom is -0.365 e. The van der Waals surface area contributed by atoms with Crippen LogP contribution in [0.5, 0.6) is 0 Å². The number of hydrogen-bond donors (Lipinski definition) is 1. The summed E-state index contributed by atoms with van der Waals surface area (Å²) in [6.45, 7) is 4.67. The summed E-state index contributed by atoms with van der Waals surface area (Å²) in [5.74, 6) is 1.71. The third-order valence-electron chi connectivity index (χ3n) is 5.02. The Kier molecular flexibility index (Phi) is 4.72. The van der Waals surface area contributed by atoms with Crippen LogP contribution in [0, 0.1) is 11.8 Å². The molecule has 0 aromatic carbocycles. The average molecular weight is 274 g/mol. The molecule has 2 aliphatic rings. The molecule has 0 saturated heterocycles. The summed E-state index contributed by atoms with van der Waals surface area (Å²) in [5.41, 5.74) is 0.985. The Labute approximate surface area is 111 Å². The molecule has 100 valence electrons. The van der Waals surface area contributed by atoms with Crippen molar-refractivity contribution in [3.63, 3.8) is 0 Å². The number of hydrogen-bond acceptors (Lipinski definition) is 1. The lowest BCUT2D eigenvalue weighted by Gasteiger charge is -2.39. The first-order chi connectivity index (χ1) is 8.00. The zero-order valence-corrected chi connectivity index (χ0v) is 13.0. The summed E-state index contributed by atoms with van der Waals surface area (Å²) >= 11 is 5.73. The van der Waals surface area contributed by atoms with E-state index in [2.05, 4.69) is 13.8 Å². The molecule has 0 unspecified atom stereocenters. The van der Waals surface area contributed by atoms with Gasteiger partial charge in [-0.2, -0.15) is 0 Å². The van der Waals surface area contributed by atoms with Crippen molar-refractivity contribution in [3.05, 3.63) is 0 Å². The first-order valence-electron chi connectivity index (χ1n) is 7.32. The van der Waals surface area contributed by atoms with Crippen LogP contribution in [0.25, 0.3) is 0 Å². The fourth-order valence-corrected chi connectivity index (χ4v) is 7.46. The van der Waals surface area contributed by atoms with Crippen LogP contribution in [0.4, 0.5) is 0 Å². The lowest BCUT2D eigenvalue weighted by molar-refractivity contribution is 0.357. The third-order valence-corrected chi connectivity index (χ3v) is 9.93. The SMILES string of the molecule is CC1CCC(P(O)(=S)C2CCC(C)CC2)CC1. The van der Waals surface area contributed by atoms with Gasteiger partial charge in [0.25, 0.3) is 0 Å². The van der Waals surface area contributed by atoms with Gasteiger partial charge in [0.05, 0.1) is 6.26 Å². The summed E-state index contributed by atoms with van der Waals surface area (Å²) in [5, 5.41) is 0. The van der Waals surface area contributed by atoms with Gasteiger partial charge in [-0.1, -0.05) is 51.3 Å². The van der Waals surface area contributed by atoms with Crippen molar-refractivity contribution in [2.24, 2.45) is 11.8 Å². The highest BCUT2D eigenvalue weighted by Gasteiger charge is 2.37. The molecule has 2 fully saturated rings. The second kappa shape index (κ2) is 5.72. The molecule has 0 bridgehead atoms. The Morgan fingerprint density at radius 3 is 1.35 bits per heavy atom. The van der Waals surface area contributed by atoms with Gasteiger partial charge in [0.15, 0.2) is 0 Å². The predicted molar refractivity (Wildman–Crippen MR) is 79.3 cm³/mol. The summed E-state index contributed by atoms with van der Waals surface area (Å²) in [7, 11) is 0. The molecular formula is C14H27OPS. The summed E-state index contributed by atoms with van der Waals surface area (Å²) < 4.78 is 0. The molecule has 0 heterocycles. The number of rotatable bonds is 2. The molecule has 2 aliphatic carbocycles. The third kappa shape index (κ3) is 3.33. The molecule has 0 atom stereocenters. The predicted octanol–water partition coefficient (Wildman–Crippen LogP) is 4.53. The van der Waals surface area contributed by atoms with Crippen LogP contribution < -0.4 is 0 Å². The van der Waals surface area contributed by atoms with Crippen molar-refractivity contribution >= 4 is 18.1 Å². The highest BCUT2D eigenvalue weighted by Crippen LogP contribution is 2.60. The smallest absolute Gasteiger partial charge is 0.0694 e. The fourth-order valence-electron chi connectivity index (χ4n) is 3.52. The molecule has 0 aliphatic heterocycles. The monoisotopic (exact) mass is 274 g/mol. The van der Waals surface area contributed by atoms with Crippen LogP contribution in [-0.4, -0.2) is 16.2 Å². The minimum atomic E-state index is -2.06. The topological polar surface area (TPSA) is 20.2 Å². The van der Waals surface area contributed by atoms with E-state index >= 15 is 0 Å². The van der Waals surface area contributed by atoms with Crippen molar-refractivity contribution in [2.75, 3.05) is 0 Å². The van der Waals surface area contributed by atoms with Crippen molar-refractivity contribution < 1.29 is 4.89 Å². The summed E-state index contributed by atoms with van der Waals surface area (Å²) in [4.78, 5) is 10.9. The molecule has 1 N–H and O–H groups in total. The summed E-state index contributed by atoms with van der Waals surface area (Å²) in [6, 6.07) is 0. The molecule has 0 aromatic rings. The normalized spacial score (nSPS) is 43.0. The van der Waals surface area contributed by atoms with Crippen LogP contribution in [0.15, 0.2) is 0 Å². The first-order valence-corrected chi connectivity index (χ1v) is 10.2. The quantitative estimate of drug-likeness (QED) is 0.746. The first kappa shape index (κ1) is 14.0. The second-order valence-corrected chi connectivity index (χ2v) is 11.1. The van der Waals surface area contributed by atoms with Gasteiger partial charge in [0.1, 0.15) is 0 Å². The van der Waals surface area contributed by atoms with Crippen LogP contribution in [-0.2, 0) is 11.8 Å². The van der Waals surface area contributed by atoms with Crippen LogP contribution in [0.2, 0.25) is 0 Å². The largest absolute Gasteiger partial charge is 0.365 e. The van der Waals surface area contributed by atoms with Crippen molar-refractivity contribution in [1.29, 1.82) is 0 Å². The van der Waals surface area contributed by atoms with E-state index in [9.17, 15) is 4.89 Å². The molecule has 2 rings (SSSR count). The maximum absolute atomic E-state index is 10.9. The van der Waals surface area contributed by atoms with Crippen LogP contribution >= 0.6 is 6.26 Å². The maximum atomic E-state index is 10.9. The van der Waals surface area contributed by atoms with Crippen molar-refractivity contribution in [3.8, 4) is 0 Å².